The van der Waals surface area contributed by atoms with Gasteiger partial charge in [-0.2, -0.15) is 5.10 Å². The molecule has 0 aliphatic rings. The highest BCUT2D eigenvalue weighted by molar-refractivity contribution is 5.79. The van der Waals surface area contributed by atoms with E-state index in [1.165, 1.54) is 11.6 Å². The van der Waals surface area contributed by atoms with Crippen LogP contribution in [0.15, 0.2) is 0 Å². The number of primary amides is 1. The number of amides is 1. The SMILES string of the molecule is Cc1nn(C)c(NCC(N)=O)c1[N+](=O)[O-]. The topological polar surface area (TPSA) is 116 Å². The molecule has 0 aliphatic carbocycles. The number of aryl methyl sites for hydroxylation is 2. The average molecular weight is 213 g/mol. The lowest BCUT2D eigenvalue weighted by atomic mass is 10.4. The van der Waals surface area contributed by atoms with Gasteiger partial charge in [0.05, 0.1) is 11.5 Å². The summed E-state index contributed by atoms with van der Waals surface area (Å²) in [5, 5.41) is 17.1. The smallest absolute Gasteiger partial charge is 0.333 e. The third-order valence-corrected chi connectivity index (χ3v) is 1.80. The van der Waals surface area contributed by atoms with Gasteiger partial charge in [-0.3, -0.25) is 14.9 Å². The van der Waals surface area contributed by atoms with Crippen LogP contribution in [0.1, 0.15) is 5.69 Å². The monoisotopic (exact) mass is 213 g/mol. The molecule has 1 rings (SSSR count). The standard InChI is InChI=1S/C7H11N5O3/c1-4-6(12(14)15)7(11(2)10-4)9-3-5(8)13/h9H,3H2,1-2H3,(H2,8,13). The Hall–Kier alpha value is -2.12. The second kappa shape index (κ2) is 3.95. The summed E-state index contributed by atoms with van der Waals surface area (Å²) < 4.78 is 1.30. The van der Waals surface area contributed by atoms with Crippen LogP contribution in [0.4, 0.5) is 11.5 Å². The largest absolute Gasteiger partial charge is 0.368 e. The molecule has 1 aromatic heterocycles. The van der Waals surface area contributed by atoms with Crippen molar-refractivity contribution in [1.82, 2.24) is 9.78 Å². The van der Waals surface area contributed by atoms with Crippen molar-refractivity contribution in [3.05, 3.63) is 15.8 Å². The summed E-state index contributed by atoms with van der Waals surface area (Å²) in [5.74, 6) is -0.417. The van der Waals surface area contributed by atoms with E-state index >= 15 is 0 Å². The number of nitrogens with zero attached hydrogens (tertiary/aromatic N) is 3. The van der Waals surface area contributed by atoms with Crippen molar-refractivity contribution < 1.29 is 9.72 Å². The molecule has 0 aromatic carbocycles. The molecule has 8 nitrogen and oxygen atoms in total. The summed E-state index contributed by atoms with van der Waals surface area (Å²) in [5.41, 5.74) is 5.07. The summed E-state index contributed by atoms with van der Waals surface area (Å²) in [6, 6.07) is 0. The van der Waals surface area contributed by atoms with Crippen molar-refractivity contribution in [1.29, 1.82) is 0 Å². The summed E-state index contributed by atoms with van der Waals surface area (Å²) in [6.07, 6.45) is 0. The molecular formula is C7H11N5O3. The number of hydrogen-bond donors (Lipinski definition) is 2. The Balaban J connectivity index is 3.04. The van der Waals surface area contributed by atoms with Crippen LogP contribution in [0.25, 0.3) is 0 Å². The lowest BCUT2D eigenvalue weighted by Gasteiger charge is -2.02. The Morgan fingerprint density at radius 1 is 1.73 bits per heavy atom. The molecule has 8 heteroatoms. The summed E-state index contributed by atoms with van der Waals surface area (Å²) in [4.78, 5) is 20.7. The molecule has 0 aliphatic heterocycles. The van der Waals surface area contributed by atoms with Gasteiger partial charge in [0.2, 0.25) is 11.7 Å². The molecule has 1 aromatic rings. The first kappa shape index (κ1) is 11.0. The highest BCUT2D eigenvalue weighted by Crippen LogP contribution is 2.26. The second-order valence-electron chi connectivity index (χ2n) is 2.98. The summed E-state index contributed by atoms with van der Waals surface area (Å²) >= 11 is 0. The van der Waals surface area contributed by atoms with Crippen LogP contribution in [0.5, 0.6) is 0 Å². The first-order chi connectivity index (χ1) is 6.93. The van der Waals surface area contributed by atoms with Crippen LogP contribution in [-0.2, 0) is 11.8 Å². The zero-order chi connectivity index (χ0) is 11.6. The van der Waals surface area contributed by atoms with Gasteiger partial charge in [0.15, 0.2) is 0 Å². The van der Waals surface area contributed by atoms with Crippen molar-refractivity contribution in [2.24, 2.45) is 12.8 Å². The molecule has 0 spiro atoms. The molecule has 0 saturated carbocycles. The third-order valence-electron chi connectivity index (χ3n) is 1.80. The van der Waals surface area contributed by atoms with Crippen LogP contribution in [0.2, 0.25) is 0 Å². The third kappa shape index (κ3) is 2.22. The van der Waals surface area contributed by atoms with Gasteiger partial charge in [-0.15, -0.1) is 0 Å². The van der Waals surface area contributed by atoms with E-state index in [0.29, 0.717) is 0 Å². The molecule has 0 radical (unpaired) electrons. The van der Waals surface area contributed by atoms with Crippen LogP contribution >= 0.6 is 0 Å². The Bertz CT molecular complexity index is 411. The maximum Gasteiger partial charge on any atom is 0.333 e. The molecule has 0 fully saturated rings. The Labute approximate surface area is 85.2 Å². The van der Waals surface area contributed by atoms with E-state index in [-0.39, 0.29) is 23.7 Å². The van der Waals surface area contributed by atoms with Gasteiger partial charge in [0.1, 0.15) is 5.69 Å². The molecule has 0 unspecified atom stereocenters. The van der Waals surface area contributed by atoms with Gasteiger partial charge in [-0.25, -0.2) is 4.68 Å². The van der Waals surface area contributed by atoms with Gasteiger partial charge >= 0.3 is 5.69 Å². The Kier molecular flexibility index (Phi) is 2.88. The fraction of sp³-hybridized carbons (Fsp3) is 0.429. The van der Waals surface area contributed by atoms with E-state index < -0.39 is 10.8 Å². The number of carbonyl (C=O) groups is 1. The molecular weight excluding hydrogens is 202 g/mol. The zero-order valence-electron chi connectivity index (χ0n) is 8.35. The van der Waals surface area contributed by atoms with Gasteiger partial charge in [0, 0.05) is 7.05 Å². The van der Waals surface area contributed by atoms with Crippen molar-refractivity contribution in [2.45, 2.75) is 6.92 Å². The Morgan fingerprint density at radius 3 is 2.80 bits per heavy atom. The van der Waals surface area contributed by atoms with Crippen LogP contribution < -0.4 is 11.1 Å². The Morgan fingerprint density at radius 2 is 2.33 bits per heavy atom. The van der Waals surface area contributed by atoms with E-state index in [9.17, 15) is 14.9 Å². The first-order valence-corrected chi connectivity index (χ1v) is 4.13. The molecule has 1 amide bonds. The minimum atomic E-state index is -0.594. The van der Waals surface area contributed by atoms with Gasteiger partial charge in [-0.1, -0.05) is 0 Å². The minimum Gasteiger partial charge on any atom is -0.368 e. The number of nitrogens with two attached hydrogens (primary N) is 1. The lowest BCUT2D eigenvalue weighted by Crippen LogP contribution is -2.23. The van der Waals surface area contributed by atoms with Crippen molar-refractivity contribution in [3.63, 3.8) is 0 Å². The maximum absolute atomic E-state index is 10.7. The average Bonchev–Trinajstić information content (AvgIpc) is 2.37. The van der Waals surface area contributed by atoms with Gasteiger partial charge in [0.25, 0.3) is 0 Å². The minimum absolute atomic E-state index is 0.140. The molecule has 0 saturated heterocycles. The van der Waals surface area contributed by atoms with E-state index in [4.69, 9.17) is 5.73 Å². The number of nitro groups is 1. The quantitative estimate of drug-likeness (QED) is 0.518. The number of nitrogens with one attached hydrogen (secondary N) is 1. The van der Waals surface area contributed by atoms with Gasteiger partial charge < -0.3 is 11.1 Å². The van der Waals surface area contributed by atoms with Crippen LogP contribution in [0, 0.1) is 17.0 Å². The fourth-order valence-corrected chi connectivity index (χ4v) is 1.23. The molecule has 15 heavy (non-hydrogen) atoms. The lowest BCUT2D eigenvalue weighted by molar-refractivity contribution is -0.384. The second-order valence-corrected chi connectivity index (χ2v) is 2.98. The van der Waals surface area contributed by atoms with Crippen LogP contribution in [0.3, 0.4) is 0 Å². The summed E-state index contributed by atoms with van der Waals surface area (Å²) in [6.45, 7) is 1.35. The summed E-state index contributed by atoms with van der Waals surface area (Å²) in [7, 11) is 1.54. The van der Waals surface area contributed by atoms with E-state index in [1.54, 1.807) is 7.05 Å². The number of hydrogen-bond acceptors (Lipinski definition) is 5. The molecule has 1 heterocycles. The molecule has 82 valence electrons. The predicted molar refractivity (Wildman–Crippen MR) is 52.3 cm³/mol. The van der Waals surface area contributed by atoms with Gasteiger partial charge in [-0.05, 0) is 6.92 Å². The fourth-order valence-electron chi connectivity index (χ4n) is 1.23. The number of carbonyl (C=O) groups excluding carboxylic acids is 1. The highest BCUT2D eigenvalue weighted by Gasteiger charge is 2.23. The highest BCUT2D eigenvalue weighted by atomic mass is 16.6. The van der Waals surface area contributed by atoms with Crippen LogP contribution in [-0.4, -0.2) is 27.2 Å². The molecule has 0 bridgehead atoms. The van der Waals surface area contributed by atoms with E-state index in [1.807, 2.05) is 0 Å². The number of rotatable bonds is 4. The van der Waals surface area contributed by atoms with Crippen molar-refractivity contribution in [3.8, 4) is 0 Å². The number of aromatic nitrogens is 2. The predicted octanol–water partition coefficient (Wildman–Crippen LogP) is -0.466. The van der Waals surface area contributed by atoms with Crippen molar-refractivity contribution in [2.75, 3.05) is 11.9 Å². The maximum atomic E-state index is 10.7. The van der Waals surface area contributed by atoms with E-state index in [0.717, 1.165) is 0 Å². The first-order valence-electron chi connectivity index (χ1n) is 4.13. The molecule has 0 atom stereocenters. The van der Waals surface area contributed by atoms with Crippen molar-refractivity contribution >= 4 is 17.4 Å². The zero-order valence-corrected chi connectivity index (χ0v) is 8.35. The normalized spacial score (nSPS) is 10.0. The molecule has 3 N–H and O–H groups in total. The van der Waals surface area contributed by atoms with E-state index in [2.05, 4.69) is 10.4 Å². The number of anilines is 1.